The minimum Gasteiger partial charge on any atom is -0.494 e. The molecule has 1 aromatic carbocycles. The highest BCUT2D eigenvalue weighted by molar-refractivity contribution is 5.38. The molecule has 1 saturated heterocycles. The van der Waals surface area contributed by atoms with E-state index in [1.165, 1.54) is 5.56 Å². The highest BCUT2D eigenvalue weighted by Gasteiger charge is 2.19. The van der Waals surface area contributed by atoms with Gasteiger partial charge in [0.25, 0.3) is 0 Å². The lowest BCUT2D eigenvalue weighted by Crippen LogP contribution is -2.09. The lowest BCUT2D eigenvalue weighted by Gasteiger charge is -2.12. The molecule has 0 unspecified atom stereocenters. The van der Waals surface area contributed by atoms with Crippen LogP contribution in [0.2, 0.25) is 0 Å². The molecule has 1 fully saturated rings. The molecule has 23 heavy (non-hydrogen) atoms. The van der Waals surface area contributed by atoms with Crippen LogP contribution in [0.1, 0.15) is 30.5 Å². The van der Waals surface area contributed by atoms with Gasteiger partial charge in [0.15, 0.2) is 0 Å². The molecule has 0 amide bonds. The van der Waals surface area contributed by atoms with E-state index in [9.17, 15) is 0 Å². The molecular formula is C18H23N3O2. The third kappa shape index (κ3) is 4.20. The fourth-order valence-corrected chi connectivity index (χ4v) is 2.79. The summed E-state index contributed by atoms with van der Waals surface area (Å²) in [6, 6.07) is 10.2. The minimum atomic E-state index is 0.400. The van der Waals surface area contributed by atoms with Gasteiger partial charge in [-0.3, -0.25) is 0 Å². The number of anilines is 1. The summed E-state index contributed by atoms with van der Waals surface area (Å²) < 4.78 is 11.1. The van der Waals surface area contributed by atoms with Crippen LogP contribution in [0.5, 0.6) is 5.75 Å². The summed E-state index contributed by atoms with van der Waals surface area (Å²) in [5.41, 5.74) is 2.27. The summed E-state index contributed by atoms with van der Waals surface area (Å²) >= 11 is 0. The van der Waals surface area contributed by atoms with Gasteiger partial charge in [-0.15, -0.1) is 0 Å². The Morgan fingerprint density at radius 1 is 1.30 bits per heavy atom. The Bertz CT molecular complexity index is 627. The molecule has 2 heterocycles. The van der Waals surface area contributed by atoms with E-state index < -0.39 is 0 Å². The number of nitrogens with zero attached hydrogens (tertiary/aromatic N) is 2. The second-order valence-electron chi connectivity index (χ2n) is 5.61. The molecule has 0 bridgehead atoms. The molecule has 3 rings (SSSR count). The van der Waals surface area contributed by atoms with Crippen molar-refractivity contribution in [2.45, 2.75) is 25.7 Å². The molecule has 1 aliphatic heterocycles. The number of ether oxygens (including phenoxy) is 2. The van der Waals surface area contributed by atoms with E-state index in [4.69, 9.17) is 9.47 Å². The predicted octanol–water partition coefficient (Wildman–Crippen LogP) is 3.03. The molecule has 122 valence electrons. The van der Waals surface area contributed by atoms with Gasteiger partial charge in [0.1, 0.15) is 17.9 Å². The molecule has 0 aliphatic carbocycles. The average Bonchev–Trinajstić information content (AvgIpc) is 3.12. The molecule has 1 aromatic heterocycles. The van der Waals surface area contributed by atoms with Gasteiger partial charge in [-0.25, -0.2) is 9.97 Å². The van der Waals surface area contributed by atoms with Crippen molar-refractivity contribution in [2.24, 2.45) is 0 Å². The number of nitrogens with one attached hydrogen (secondary N) is 1. The largest absolute Gasteiger partial charge is 0.494 e. The van der Waals surface area contributed by atoms with E-state index >= 15 is 0 Å². The molecule has 2 aromatic rings. The van der Waals surface area contributed by atoms with Crippen LogP contribution < -0.4 is 10.1 Å². The summed E-state index contributed by atoms with van der Waals surface area (Å²) in [5.74, 6) is 2.23. The number of benzene rings is 1. The predicted molar refractivity (Wildman–Crippen MR) is 90.0 cm³/mol. The van der Waals surface area contributed by atoms with Crippen molar-refractivity contribution in [1.82, 2.24) is 9.97 Å². The van der Waals surface area contributed by atoms with E-state index in [-0.39, 0.29) is 0 Å². The van der Waals surface area contributed by atoms with Crippen LogP contribution >= 0.6 is 0 Å². The Morgan fingerprint density at radius 2 is 2.22 bits per heavy atom. The van der Waals surface area contributed by atoms with Crippen molar-refractivity contribution >= 4 is 5.82 Å². The standard InChI is InChI=1S/C18H23N3O2/c1-2-23-17-6-4-3-5-14(17)7-9-19-18-11-16(20-13-21-18)15-8-10-22-12-15/h3-6,11,13,15H,2,7-10,12H2,1H3,(H,19,20,21)/t15-/m1/s1. The van der Waals surface area contributed by atoms with Gasteiger partial charge < -0.3 is 14.8 Å². The molecule has 0 spiro atoms. The monoisotopic (exact) mass is 313 g/mol. The van der Waals surface area contributed by atoms with E-state index in [0.717, 1.165) is 49.9 Å². The van der Waals surface area contributed by atoms with Gasteiger partial charge in [0.05, 0.1) is 18.9 Å². The van der Waals surface area contributed by atoms with Gasteiger partial charge in [-0.2, -0.15) is 0 Å². The zero-order valence-corrected chi connectivity index (χ0v) is 13.5. The van der Waals surface area contributed by atoms with Crippen LogP contribution in [-0.2, 0) is 11.2 Å². The fraction of sp³-hybridized carbons (Fsp3) is 0.444. The Kier molecular flexibility index (Phi) is 5.42. The second-order valence-corrected chi connectivity index (χ2v) is 5.61. The van der Waals surface area contributed by atoms with Crippen LogP contribution in [0.3, 0.4) is 0 Å². The van der Waals surface area contributed by atoms with Gasteiger partial charge in [-0.05, 0) is 31.4 Å². The Labute approximate surface area is 137 Å². The Morgan fingerprint density at radius 3 is 3.04 bits per heavy atom. The zero-order chi connectivity index (χ0) is 15.9. The van der Waals surface area contributed by atoms with Crippen molar-refractivity contribution in [3.63, 3.8) is 0 Å². The molecule has 1 atom stereocenters. The topological polar surface area (TPSA) is 56.3 Å². The van der Waals surface area contributed by atoms with Crippen molar-refractivity contribution in [2.75, 3.05) is 31.7 Å². The van der Waals surface area contributed by atoms with Gasteiger partial charge in [-0.1, -0.05) is 18.2 Å². The average molecular weight is 313 g/mol. The summed E-state index contributed by atoms with van der Waals surface area (Å²) in [6.45, 7) is 5.08. The van der Waals surface area contributed by atoms with E-state index in [1.54, 1.807) is 6.33 Å². The minimum absolute atomic E-state index is 0.400. The SMILES string of the molecule is CCOc1ccccc1CCNc1cc([C@@H]2CCOC2)ncn1. The molecule has 0 saturated carbocycles. The first-order chi connectivity index (χ1) is 11.4. The van der Waals surface area contributed by atoms with E-state index in [2.05, 4.69) is 21.4 Å². The van der Waals surface area contributed by atoms with E-state index in [0.29, 0.717) is 12.5 Å². The molecule has 1 aliphatic rings. The normalized spacial score (nSPS) is 17.2. The van der Waals surface area contributed by atoms with Crippen LogP contribution in [0, 0.1) is 0 Å². The number of hydrogen-bond donors (Lipinski definition) is 1. The summed E-state index contributed by atoms with van der Waals surface area (Å²) in [7, 11) is 0. The molecule has 5 heteroatoms. The maximum absolute atomic E-state index is 5.66. The summed E-state index contributed by atoms with van der Waals surface area (Å²) in [5, 5.41) is 3.38. The van der Waals surface area contributed by atoms with Crippen molar-refractivity contribution in [3.05, 3.63) is 47.9 Å². The fourth-order valence-electron chi connectivity index (χ4n) is 2.79. The zero-order valence-electron chi connectivity index (χ0n) is 13.5. The third-order valence-corrected chi connectivity index (χ3v) is 4.01. The van der Waals surface area contributed by atoms with Crippen molar-refractivity contribution in [3.8, 4) is 5.75 Å². The van der Waals surface area contributed by atoms with E-state index in [1.807, 2.05) is 31.2 Å². The van der Waals surface area contributed by atoms with Crippen LogP contribution in [0.25, 0.3) is 0 Å². The maximum atomic E-state index is 5.66. The molecule has 5 nitrogen and oxygen atoms in total. The highest BCUT2D eigenvalue weighted by Crippen LogP contribution is 2.24. The first-order valence-corrected chi connectivity index (χ1v) is 8.21. The van der Waals surface area contributed by atoms with Crippen LogP contribution in [0.15, 0.2) is 36.7 Å². The molecule has 1 N–H and O–H groups in total. The first-order valence-electron chi connectivity index (χ1n) is 8.21. The van der Waals surface area contributed by atoms with Crippen molar-refractivity contribution < 1.29 is 9.47 Å². The Balaban J connectivity index is 1.57. The number of para-hydroxylation sites is 1. The first kappa shape index (κ1) is 15.7. The lowest BCUT2D eigenvalue weighted by molar-refractivity contribution is 0.193. The number of hydrogen-bond acceptors (Lipinski definition) is 5. The summed E-state index contributed by atoms with van der Waals surface area (Å²) in [4.78, 5) is 8.68. The van der Waals surface area contributed by atoms with Crippen molar-refractivity contribution in [1.29, 1.82) is 0 Å². The molecule has 0 radical (unpaired) electrons. The second kappa shape index (κ2) is 7.92. The maximum Gasteiger partial charge on any atom is 0.129 e. The summed E-state index contributed by atoms with van der Waals surface area (Å²) in [6.07, 6.45) is 3.56. The number of aromatic nitrogens is 2. The number of rotatable bonds is 7. The van der Waals surface area contributed by atoms with Crippen LogP contribution in [0.4, 0.5) is 5.82 Å². The highest BCUT2D eigenvalue weighted by atomic mass is 16.5. The quantitative estimate of drug-likeness (QED) is 0.851. The smallest absolute Gasteiger partial charge is 0.129 e. The Hall–Kier alpha value is -2.14. The third-order valence-electron chi connectivity index (χ3n) is 4.01. The van der Waals surface area contributed by atoms with Gasteiger partial charge in [0, 0.05) is 25.1 Å². The van der Waals surface area contributed by atoms with Crippen LogP contribution in [-0.4, -0.2) is 36.3 Å². The van der Waals surface area contributed by atoms with Gasteiger partial charge in [0.2, 0.25) is 0 Å². The van der Waals surface area contributed by atoms with Gasteiger partial charge >= 0.3 is 0 Å². The molecular weight excluding hydrogens is 290 g/mol. The lowest BCUT2D eigenvalue weighted by atomic mass is 10.1.